The van der Waals surface area contributed by atoms with Crippen molar-refractivity contribution in [3.05, 3.63) is 127 Å². The molecule has 1 aliphatic rings. The zero-order valence-electron chi connectivity index (χ0n) is 21.8. The highest BCUT2D eigenvalue weighted by Crippen LogP contribution is 2.47. The number of nitrogens with zero attached hydrogens (tertiary/aromatic N) is 5. The van der Waals surface area contributed by atoms with Crippen molar-refractivity contribution in [1.29, 1.82) is 0 Å². The number of furan rings is 1. The summed E-state index contributed by atoms with van der Waals surface area (Å²) in [5, 5.41) is 0.947. The van der Waals surface area contributed by atoms with Gasteiger partial charge in [-0.05, 0) is 36.4 Å². The maximum atomic E-state index is 6.38. The molecule has 0 unspecified atom stereocenters. The Morgan fingerprint density at radius 3 is 2.12 bits per heavy atom. The molecular weight excluding hydrogens is 506 g/mol. The maximum absolute atomic E-state index is 6.38. The van der Waals surface area contributed by atoms with Crippen LogP contribution < -0.4 is 4.90 Å². The molecule has 0 radical (unpaired) electrons. The number of rotatable bonds is 2. The van der Waals surface area contributed by atoms with E-state index in [-0.39, 0.29) is 0 Å². The van der Waals surface area contributed by atoms with Crippen molar-refractivity contribution < 1.29 is 4.42 Å². The van der Waals surface area contributed by atoms with Gasteiger partial charge in [0.1, 0.15) is 16.8 Å². The Kier molecular flexibility index (Phi) is 4.51. The van der Waals surface area contributed by atoms with Crippen LogP contribution in [0.15, 0.2) is 132 Å². The Labute approximate surface area is 234 Å². The van der Waals surface area contributed by atoms with Crippen molar-refractivity contribution in [3.8, 4) is 28.1 Å². The van der Waals surface area contributed by atoms with Gasteiger partial charge in [-0.3, -0.25) is 4.57 Å². The van der Waals surface area contributed by atoms with E-state index in [0.717, 1.165) is 67.2 Å². The van der Waals surface area contributed by atoms with Crippen LogP contribution >= 0.6 is 0 Å². The van der Waals surface area contributed by atoms with Crippen LogP contribution in [-0.4, -0.2) is 19.5 Å². The highest BCUT2D eigenvalue weighted by Gasteiger charge is 2.31. The normalized spacial score (nSPS) is 12.3. The van der Waals surface area contributed by atoms with Gasteiger partial charge >= 0.3 is 0 Å². The minimum Gasteiger partial charge on any atom is -0.452 e. The summed E-state index contributed by atoms with van der Waals surface area (Å²) in [6, 6.07) is 43.3. The van der Waals surface area contributed by atoms with E-state index in [1.165, 1.54) is 0 Å². The van der Waals surface area contributed by atoms with Crippen molar-refractivity contribution in [2.45, 2.75) is 0 Å². The molecule has 0 saturated heterocycles. The molecule has 5 aromatic carbocycles. The van der Waals surface area contributed by atoms with Gasteiger partial charge in [0.05, 0.1) is 22.4 Å². The van der Waals surface area contributed by atoms with Crippen LogP contribution in [0.25, 0.3) is 61.2 Å². The minimum atomic E-state index is 0.528. The van der Waals surface area contributed by atoms with E-state index in [9.17, 15) is 0 Å². The highest BCUT2D eigenvalue weighted by atomic mass is 16.3. The Bertz CT molecular complexity index is 2280. The van der Waals surface area contributed by atoms with Crippen molar-refractivity contribution in [2.75, 3.05) is 4.90 Å². The van der Waals surface area contributed by atoms with E-state index in [1.807, 2.05) is 54.6 Å². The predicted octanol–water partition coefficient (Wildman–Crippen LogP) is 8.83. The minimum absolute atomic E-state index is 0.528. The average molecular weight is 528 g/mol. The molecule has 3 aromatic heterocycles. The fourth-order valence-corrected chi connectivity index (χ4v) is 5.97. The van der Waals surface area contributed by atoms with Crippen LogP contribution in [0.4, 0.5) is 17.6 Å². The fourth-order valence-electron chi connectivity index (χ4n) is 5.97. The Morgan fingerprint density at radius 2 is 1.24 bits per heavy atom. The molecule has 0 fully saturated rings. The van der Waals surface area contributed by atoms with E-state index in [1.54, 1.807) is 0 Å². The van der Waals surface area contributed by atoms with Crippen molar-refractivity contribution in [1.82, 2.24) is 19.5 Å². The number of hydrogen-bond donors (Lipinski definition) is 0. The van der Waals surface area contributed by atoms with E-state index in [0.29, 0.717) is 11.5 Å². The number of para-hydroxylation sites is 5. The number of aromatic nitrogens is 4. The van der Waals surface area contributed by atoms with Gasteiger partial charge in [-0.15, -0.1) is 0 Å². The summed E-state index contributed by atoms with van der Waals surface area (Å²) in [6.07, 6.45) is 0. The third-order valence-corrected chi connectivity index (χ3v) is 7.78. The molecular formula is C35H21N5O. The topological polar surface area (TPSA) is 60.0 Å². The van der Waals surface area contributed by atoms with E-state index < -0.39 is 0 Å². The van der Waals surface area contributed by atoms with Crippen LogP contribution in [-0.2, 0) is 0 Å². The third kappa shape index (κ3) is 3.16. The van der Waals surface area contributed by atoms with Gasteiger partial charge in [0.15, 0.2) is 5.58 Å². The average Bonchev–Trinajstić information content (AvgIpc) is 3.57. The van der Waals surface area contributed by atoms with Gasteiger partial charge in [0.2, 0.25) is 11.9 Å². The van der Waals surface area contributed by atoms with Gasteiger partial charge in [-0.2, -0.15) is 0 Å². The van der Waals surface area contributed by atoms with Gasteiger partial charge < -0.3 is 4.42 Å². The summed E-state index contributed by atoms with van der Waals surface area (Å²) >= 11 is 0. The molecule has 0 N–H and O–H groups in total. The number of anilines is 3. The number of fused-ring (bicyclic) bond motifs is 10. The molecule has 0 amide bonds. The zero-order chi connectivity index (χ0) is 26.9. The second-order valence-corrected chi connectivity index (χ2v) is 10.1. The van der Waals surface area contributed by atoms with Gasteiger partial charge in [0, 0.05) is 22.1 Å². The lowest BCUT2D eigenvalue weighted by atomic mass is 10.0. The summed E-state index contributed by atoms with van der Waals surface area (Å²) in [5.41, 5.74) is 10.1. The second-order valence-electron chi connectivity index (χ2n) is 10.1. The first-order valence-corrected chi connectivity index (χ1v) is 13.6. The van der Waals surface area contributed by atoms with Crippen LogP contribution in [0.1, 0.15) is 0 Å². The van der Waals surface area contributed by atoms with E-state index in [4.69, 9.17) is 19.4 Å². The molecule has 41 heavy (non-hydrogen) atoms. The van der Waals surface area contributed by atoms with Crippen LogP contribution in [0, 0.1) is 0 Å². The van der Waals surface area contributed by atoms with Crippen molar-refractivity contribution in [3.63, 3.8) is 0 Å². The SMILES string of the molecule is c1ccc(-c2nc(N3c4ccccc4-c4ccccc4-n4c3nc3ccccc34)nc3c2oc2ccccc23)cc1. The number of imidazole rings is 1. The lowest BCUT2D eigenvalue weighted by molar-refractivity contribution is 0.667. The largest absolute Gasteiger partial charge is 0.452 e. The molecule has 1 aliphatic heterocycles. The lowest BCUT2D eigenvalue weighted by Crippen LogP contribution is -2.17. The summed E-state index contributed by atoms with van der Waals surface area (Å²) < 4.78 is 8.59. The molecule has 4 heterocycles. The first-order chi connectivity index (χ1) is 20.3. The summed E-state index contributed by atoms with van der Waals surface area (Å²) in [5.74, 6) is 1.26. The molecule has 0 bridgehead atoms. The van der Waals surface area contributed by atoms with E-state index in [2.05, 4.69) is 82.3 Å². The maximum Gasteiger partial charge on any atom is 0.238 e. The van der Waals surface area contributed by atoms with Crippen molar-refractivity contribution >= 4 is 50.7 Å². The quantitative estimate of drug-likeness (QED) is 0.225. The van der Waals surface area contributed by atoms with Gasteiger partial charge in [-0.1, -0.05) is 91.0 Å². The Balaban J connectivity index is 1.44. The van der Waals surface area contributed by atoms with E-state index >= 15 is 0 Å². The zero-order valence-corrected chi connectivity index (χ0v) is 21.8. The number of hydrogen-bond acceptors (Lipinski definition) is 5. The smallest absolute Gasteiger partial charge is 0.238 e. The Morgan fingerprint density at radius 1 is 0.561 bits per heavy atom. The standard InChI is InChI=1S/C35H21N5O/c1-2-12-22(13-3-1)31-33-32(25-16-6-11-21-30(25)41-33)38-34(37-31)40-28-19-9-5-15-24(28)23-14-4-8-18-27(23)39-29-20-10-7-17-26(29)36-35(39)40/h1-21H. The van der Waals surface area contributed by atoms with Crippen molar-refractivity contribution in [2.24, 2.45) is 0 Å². The first-order valence-electron chi connectivity index (χ1n) is 13.6. The summed E-state index contributed by atoms with van der Waals surface area (Å²) in [4.78, 5) is 17.7. The molecule has 0 saturated carbocycles. The third-order valence-electron chi connectivity index (χ3n) is 7.78. The summed E-state index contributed by atoms with van der Waals surface area (Å²) in [6.45, 7) is 0. The molecule has 0 aliphatic carbocycles. The first kappa shape index (κ1) is 22.1. The molecule has 192 valence electrons. The molecule has 9 rings (SSSR count). The van der Waals surface area contributed by atoms with Crippen LogP contribution in [0.5, 0.6) is 0 Å². The van der Waals surface area contributed by atoms with Crippen LogP contribution in [0.2, 0.25) is 0 Å². The lowest BCUT2D eigenvalue weighted by Gasteiger charge is -2.22. The van der Waals surface area contributed by atoms with Crippen LogP contribution in [0.3, 0.4) is 0 Å². The molecule has 0 atom stereocenters. The molecule has 8 aromatic rings. The monoisotopic (exact) mass is 527 g/mol. The van der Waals surface area contributed by atoms with Gasteiger partial charge in [-0.25, -0.2) is 19.9 Å². The molecule has 0 spiro atoms. The van der Waals surface area contributed by atoms with Gasteiger partial charge in [0.25, 0.3) is 0 Å². The number of benzene rings is 5. The molecule has 6 heteroatoms. The summed E-state index contributed by atoms with van der Waals surface area (Å²) in [7, 11) is 0. The highest BCUT2D eigenvalue weighted by molar-refractivity contribution is 6.07. The fraction of sp³-hybridized carbons (Fsp3) is 0. The predicted molar refractivity (Wildman–Crippen MR) is 163 cm³/mol. The Hall–Kier alpha value is -5.75. The second kappa shape index (κ2) is 8.37. The molecule has 6 nitrogen and oxygen atoms in total.